The van der Waals surface area contributed by atoms with E-state index >= 15 is 0 Å². The van der Waals surface area contributed by atoms with Gasteiger partial charge < -0.3 is 19.0 Å². The topological polar surface area (TPSA) is 53.7 Å². The van der Waals surface area contributed by atoms with Crippen LogP contribution in [-0.2, 0) is 13.3 Å². The average Bonchev–Trinajstić information content (AvgIpc) is 3.29. The minimum atomic E-state index is -1.73. The van der Waals surface area contributed by atoms with Crippen molar-refractivity contribution in [3.8, 4) is 0 Å². The van der Waals surface area contributed by atoms with Gasteiger partial charge in [0, 0.05) is 25.9 Å². The lowest BCUT2D eigenvalue weighted by atomic mass is 9.97. The van der Waals surface area contributed by atoms with Crippen LogP contribution in [0.4, 0.5) is 0 Å². The van der Waals surface area contributed by atoms with Crippen LogP contribution in [0, 0.1) is 0 Å². The lowest BCUT2D eigenvalue weighted by Crippen LogP contribution is -2.27. The molecule has 2 rings (SSSR count). The Bertz CT molecular complexity index is 171. The summed E-state index contributed by atoms with van der Waals surface area (Å²) in [6.07, 6.45) is 11.2. The van der Waals surface area contributed by atoms with Crippen molar-refractivity contribution in [3.63, 3.8) is 0 Å². The van der Waals surface area contributed by atoms with Gasteiger partial charge in [0.25, 0.3) is 0 Å². The molecule has 0 radical (unpaired) electrons. The van der Waals surface area contributed by atoms with Crippen LogP contribution in [0.25, 0.3) is 0 Å². The van der Waals surface area contributed by atoms with Gasteiger partial charge in [-0.2, -0.15) is 0 Å². The van der Waals surface area contributed by atoms with E-state index in [4.69, 9.17) is 19.0 Å². The first-order valence-electron chi connectivity index (χ1n) is 8.34. The molecule has 2 N–H and O–H groups in total. The molecule has 4 nitrogen and oxygen atoms in total. The Morgan fingerprint density at radius 2 is 1.10 bits per heavy atom. The summed E-state index contributed by atoms with van der Waals surface area (Å²) in [5, 5.41) is 0. The molecule has 0 aromatic carbocycles. The molecule has 0 aromatic rings. The van der Waals surface area contributed by atoms with Crippen molar-refractivity contribution in [2.45, 2.75) is 78.2 Å². The predicted octanol–water partition coefficient (Wildman–Crippen LogP) is 3.26. The smallest absolute Gasteiger partial charge is 0.376 e. The molecular formula is C15H35NO3Si. The molecule has 2 saturated carbocycles. The minimum Gasteiger partial charge on any atom is -0.376 e. The van der Waals surface area contributed by atoms with Gasteiger partial charge in [0.1, 0.15) is 0 Å². The van der Waals surface area contributed by atoms with E-state index in [2.05, 4.69) is 0 Å². The summed E-state index contributed by atoms with van der Waals surface area (Å²) in [4.78, 5) is 0. The highest BCUT2D eigenvalue weighted by atomic mass is 28.3. The molecule has 0 aliphatic heterocycles. The highest BCUT2D eigenvalue weighted by molar-refractivity contribution is 6.36. The quantitative estimate of drug-likeness (QED) is 0.765. The average molecular weight is 306 g/mol. The second-order valence-corrected chi connectivity index (χ2v) is 6.69. The Balaban J connectivity index is 0.000000307. The van der Waals surface area contributed by atoms with Crippen molar-refractivity contribution < 1.29 is 13.3 Å². The summed E-state index contributed by atoms with van der Waals surface area (Å²) in [5.41, 5.74) is 5.63. The van der Waals surface area contributed by atoms with Crippen LogP contribution in [0.1, 0.15) is 72.1 Å². The van der Waals surface area contributed by atoms with Crippen molar-refractivity contribution in [1.29, 1.82) is 0 Å². The number of hydrogen-bond donors (Lipinski definition) is 1. The zero-order valence-electron chi connectivity index (χ0n) is 13.7. The van der Waals surface area contributed by atoms with Gasteiger partial charge >= 0.3 is 9.53 Å². The molecule has 0 aromatic heterocycles. The first kappa shape index (κ1) is 20.1. The summed E-state index contributed by atoms with van der Waals surface area (Å²) in [7, 11) is -1.73. The molecule has 0 heterocycles. The van der Waals surface area contributed by atoms with E-state index in [0.717, 1.165) is 0 Å². The van der Waals surface area contributed by atoms with Crippen LogP contribution >= 0.6 is 0 Å². The van der Waals surface area contributed by atoms with Gasteiger partial charge in [-0.15, -0.1) is 0 Å². The first-order chi connectivity index (χ1) is 9.74. The summed E-state index contributed by atoms with van der Waals surface area (Å²) < 4.78 is 15.7. The third-order valence-electron chi connectivity index (χ3n) is 2.91. The summed E-state index contributed by atoms with van der Waals surface area (Å²) in [6, 6.07) is 0.536. The van der Waals surface area contributed by atoms with E-state index in [1.807, 2.05) is 20.8 Å². The van der Waals surface area contributed by atoms with Crippen molar-refractivity contribution in [2.24, 2.45) is 5.73 Å². The molecule has 2 aliphatic rings. The molecule has 5 heteroatoms. The maximum absolute atomic E-state index is 5.63. The third kappa shape index (κ3) is 16.1. The molecule has 20 heavy (non-hydrogen) atoms. The molecular weight excluding hydrogens is 270 g/mol. The molecule has 0 atom stereocenters. The third-order valence-corrected chi connectivity index (χ3v) is 4.73. The second kappa shape index (κ2) is 15.4. The highest BCUT2D eigenvalue weighted by Crippen LogP contribution is 2.15. The van der Waals surface area contributed by atoms with Gasteiger partial charge in [0.15, 0.2) is 0 Å². The van der Waals surface area contributed by atoms with Gasteiger partial charge in [-0.25, -0.2) is 0 Å². The van der Waals surface area contributed by atoms with E-state index in [1.54, 1.807) is 0 Å². The number of nitrogens with two attached hydrogens (primary N) is 1. The van der Waals surface area contributed by atoms with Gasteiger partial charge in [0.2, 0.25) is 0 Å². The molecule has 0 saturated heterocycles. The van der Waals surface area contributed by atoms with E-state index in [-0.39, 0.29) is 0 Å². The lowest BCUT2D eigenvalue weighted by Gasteiger charge is -2.15. The Morgan fingerprint density at radius 3 is 1.30 bits per heavy atom. The van der Waals surface area contributed by atoms with Crippen molar-refractivity contribution in [2.75, 3.05) is 19.8 Å². The van der Waals surface area contributed by atoms with Crippen LogP contribution < -0.4 is 5.73 Å². The second-order valence-electron chi connectivity index (χ2n) is 5.11. The molecule has 2 aliphatic carbocycles. The minimum absolute atomic E-state index is 0.536. The van der Waals surface area contributed by atoms with Crippen LogP contribution in [0.3, 0.4) is 0 Å². The van der Waals surface area contributed by atoms with Gasteiger partial charge in [-0.1, -0.05) is 38.5 Å². The maximum Gasteiger partial charge on any atom is 0.484 e. The fourth-order valence-electron chi connectivity index (χ4n) is 1.69. The van der Waals surface area contributed by atoms with Gasteiger partial charge in [-0.05, 0) is 33.6 Å². The Hall–Kier alpha value is 0.0569. The summed E-state index contributed by atoms with van der Waals surface area (Å²) in [6.45, 7) is 7.86. The Kier molecular flexibility index (Phi) is 15.5. The molecule has 2 fully saturated rings. The fraction of sp³-hybridized carbons (Fsp3) is 1.00. The standard InChI is InChI=1S/C6H13N.C6H16O3Si.C3H6/c7-6-4-2-1-3-5-6;1-4-7-10(8-5-2)9-6-3;1-2-3-1/h6H,1-5,7H2;10H,4-6H2,1-3H3;1-3H2. The predicted molar refractivity (Wildman–Crippen MR) is 86.9 cm³/mol. The molecule has 0 spiro atoms. The Labute approximate surface area is 127 Å². The van der Waals surface area contributed by atoms with E-state index in [0.29, 0.717) is 25.9 Å². The zero-order valence-corrected chi connectivity index (χ0v) is 14.9. The van der Waals surface area contributed by atoms with Crippen molar-refractivity contribution in [1.82, 2.24) is 0 Å². The number of hydrogen-bond acceptors (Lipinski definition) is 4. The van der Waals surface area contributed by atoms with Crippen molar-refractivity contribution >= 4 is 9.53 Å². The SMILES string of the molecule is C1CC1.CCO[SiH](OCC)OCC.NC1CCCCC1. The highest BCUT2D eigenvalue weighted by Gasteiger charge is 2.11. The summed E-state index contributed by atoms with van der Waals surface area (Å²) >= 11 is 0. The van der Waals surface area contributed by atoms with E-state index in [9.17, 15) is 0 Å². The van der Waals surface area contributed by atoms with Crippen LogP contribution in [0.2, 0.25) is 0 Å². The molecule has 0 amide bonds. The Morgan fingerprint density at radius 1 is 0.750 bits per heavy atom. The van der Waals surface area contributed by atoms with Gasteiger partial charge in [0.05, 0.1) is 0 Å². The molecule has 0 bridgehead atoms. The van der Waals surface area contributed by atoms with Crippen LogP contribution in [-0.4, -0.2) is 35.4 Å². The molecule has 0 unspecified atom stereocenters. The molecule has 122 valence electrons. The first-order valence-corrected chi connectivity index (χ1v) is 9.76. The maximum atomic E-state index is 5.63. The zero-order chi connectivity index (χ0) is 15.1. The summed E-state index contributed by atoms with van der Waals surface area (Å²) in [5.74, 6) is 0. The van der Waals surface area contributed by atoms with E-state index in [1.165, 1.54) is 51.4 Å². The van der Waals surface area contributed by atoms with Gasteiger partial charge in [-0.3, -0.25) is 0 Å². The largest absolute Gasteiger partial charge is 0.484 e. The van der Waals surface area contributed by atoms with Crippen LogP contribution in [0.15, 0.2) is 0 Å². The lowest BCUT2D eigenvalue weighted by molar-refractivity contribution is 0.107. The van der Waals surface area contributed by atoms with Crippen LogP contribution in [0.5, 0.6) is 0 Å². The normalized spacial score (nSPS) is 17.9. The number of rotatable bonds is 6. The fourth-order valence-corrected chi connectivity index (χ4v) is 2.79. The van der Waals surface area contributed by atoms with Crippen molar-refractivity contribution in [3.05, 3.63) is 0 Å². The van der Waals surface area contributed by atoms with E-state index < -0.39 is 9.53 Å². The monoisotopic (exact) mass is 305 g/mol.